The molecule has 0 radical (unpaired) electrons. The van der Waals surface area contributed by atoms with Gasteiger partial charge < -0.3 is 9.84 Å². The van der Waals surface area contributed by atoms with Crippen molar-refractivity contribution in [2.75, 3.05) is 6.61 Å². The molecule has 1 fully saturated rings. The average molecular weight is 228 g/mol. The van der Waals surface area contributed by atoms with Gasteiger partial charge in [-0.2, -0.15) is 0 Å². The van der Waals surface area contributed by atoms with E-state index in [1.807, 2.05) is 0 Å². The Bertz CT molecular complexity index is 260. The molecule has 3 unspecified atom stereocenters. The largest absolute Gasteiger partial charge is 0.466 e. The van der Waals surface area contributed by atoms with Gasteiger partial charge in [0.25, 0.3) is 0 Å². The maximum Gasteiger partial charge on any atom is 0.302 e. The first-order valence-electron chi connectivity index (χ1n) is 5.82. The van der Waals surface area contributed by atoms with Crippen LogP contribution in [0.5, 0.6) is 0 Å². The third-order valence-corrected chi connectivity index (χ3v) is 3.10. The highest BCUT2D eigenvalue weighted by Gasteiger charge is 2.33. The number of aliphatic hydroxyl groups is 1. The van der Waals surface area contributed by atoms with Crippen molar-refractivity contribution in [1.82, 2.24) is 0 Å². The van der Waals surface area contributed by atoms with Gasteiger partial charge in [-0.05, 0) is 25.7 Å². The van der Waals surface area contributed by atoms with Gasteiger partial charge in [0.05, 0.1) is 12.7 Å². The number of ether oxygens (including phenoxy) is 1. The fourth-order valence-corrected chi connectivity index (χ4v) is 2.21. The van der Waals surface area contributed by atoms with Gasteiger partial charge in [-0.15, -0.1) is 0 Å². The summed E-state index contributed by atoms with van der Waals surface area (Å²) in [5, 5.41) is 9.21. The molecule has 92 valence electrons. The van der Waals surface area contributed by atoms with E-state index in [1.165, 1.54) is 6.92 Å². The van der Waals surface area contributed by atoms with Gasteiger partial charge >= 0.3 is 5.97 Å². The number of esters is 1. The number of hydrogen-bond acceptors (Lipinski definition) is 4. The molecule has 0 amide bonds. The van der Waals surface area contributed by atoms with Crippen LogP contribution < -0.4 is 0 Å². The van der Waals surface area contributed by atoms with Gasteiger partial charge in [-0.3, -0.25) is 9.59 Å². The number of carbonyl (C=O) groups is 2. The molecule has 0 spiro atoms. The van der Waals surface area contributed by atoms with Crippen LogP contribution in [0.3, 0.4) is 0 Å². The molecular weight excluding hydrogens is 208 g/mol. The van der Waals surface area contributed by atoms with Gasteiger partial charge in [0, 0.05) is 25.7 Å². The second-order valence-electron chi connectivity index (χ2n) is 4.70. The molecule has 0 aromatic rings. The molecule has 0 heterocycles. The number of carbonyl (C=O) groups excluding carboxylic acids is 2. The monoisotopic (exact) mass is 228 g/mol. The second-order valence-corrected chi connectivity index (χ2v) is 4.70. The Morgan fingerprint density at radius 1 is 1.50 bits per heavy atom. The van der Waals surface area contributed by atoms with Crippen molar-refractivity contribution in [2.45, 2.75) is 45.6 Å². The Morgan fingerprint density at radius 3 is 2.69 bits per heavy atom. The van der Waals surface area contributed by atoms with Crippen LogP contribution in [0.15, 0.2) is 0 Å². The summed E-state index contributed by atoms with van der Waals surface area (Å²) in [7, 11) is 0. The van der Waals surface area contributed by atoms with E-state index in [9.17, 15) is 14.7 Å². The fraction of sp³-hybridized carbons (Fsp3) is 0.833. The maximum absolute atomic E-state index is 11.4. The Hall–Kier alpha value is -0.900. The quantitative estimate of drug-likeness (QED) is 0.720. The first-order chi connectivity index (χ1) is 7.49. The highest BCUT2D eigenvalue weighted by atomic mass is 16.5. The van der Waals surface area contributed by atoms with E-state index < -0.39 is 0 Å². The summed E-state index contributed by atoms with van der Waals surface area (Å²) in [6.07, 6.45) is 2.28. The van der Waals surface area contributed by atoms with E-state index in [2.05, 4.69) is 0 Å². The lowest BCUT2D eigenvalue weighted by Gasteiger charge is -2.18. The summed E-state index contributed by atoms with van der Waals surface area (Å²) in [6, 6.07) is 0. The van der Waals surface area contributed by atoms with Crippen LogP contribution in [0.4, 0.5) is 0 Å². The molecule has 0 aromatic heterocycles. The third-order valence-electron chi connectivity index (χ3n) is 3.10. The molecule has 1 saturated carbocycles. The summed E-state index contributed by atoms with van der Waals surface area (Å²) in [5.74, 6) is 0.359. The summed E-state index contributed by atoms with van der Waals surface area (Å²) in [6.45, 7) is 3.46. The number of Topliss-reactive ketones (excluding diaryl/α,β-unsaturated/α-hetero) is 1. The van der Waals surface area contributed by atoms with Crippen molar-refractivity contribution in [1.29, 1.82) is 0 Å². The van der Waals surface area contributed by atoms with Crippen molar-refractivity contribution in [3.63, 3.8) is 0 Å². The van der Waals surface area contributed by atoms with Crippen LogP contribution in [0.2, 0.25) is 0 Å². The maximum atomic E-state index is 11.4. The summed E-state index contributed by atoms with van der Waals surface area (Å²) in [5.41, 5.74) is 0. The van der Waals surface area contributed by atoms with Crippen LogP contribution >= 0.6 is 0 Å². The zero-order valence-electron chi connectivity index (χ0n) is 9.94. The van der Waals surface area contributed by atoms with Gasteiger partial charge in [0.2, 0.25) is 0 Å². The van der Waals surface area contributed by atoms with E-state index in [1.54, 1.807) is 6.92 Å². The normalized spacial score (nSPS) is 26.8. The van der Waals surface area contributed by atoms with Crippen molar-refractivity contribution >= 4 is 11.8 Å². The smallest absolute Gasteiger partial charge is 0.302 e. The van der Waals surface area contributed by atoms with Gasteiger partial charge in [-0.25, -0.2) is 0 Å². The lowest BCUT2D eigenvalue weighted by Crippen LogP contribution is -2.17. The number of aliphatic hydroxyl groups excluding tert-OH is 1. The molecule has 1 aliphatic rings. The molecule has 3 atom stereocenters. The van der Waals surface area contributed by atoms with E-state index in [0.717, 1.165) is 6.42 Å². The molecule has 1 N–H and O–H groups in total. The molecular formula is C12H20O4. The summed E-state index contributed by atoms with van der Waals surface area (Å²) in [4.78, 5) is 22.1. The molecule has 4 heteroatoms. The summed E-state index contributed by atoms with van der Waals surface area (Å²) < 4.78 is 4.96. The number of rotatable bonds is 5. The topological polar surface area (TPSA) is 63.6 Å². The molecule has 4 nitrogen and oxygen atoms in total. The van der Waals surface area contributed by atoms with Gasteiger partial charge in [-0.1, -0.05) is 0 Å². The Labute approximate surface area is 96.0 Å². The van der Waals surface area contributed by atoms with Crippen LogP contribution in [0.25, 0.3) is 0 Å². The highest BCUT2D eigenvalue weighted by molar-refractivity contribution is 5.81. The average Bonchev–Trinajstić information content (AvgIpc) is 2.52. The molecule has 1 aliphatic carbocycles. The fourth-order valence-electron chi connectivity index (χ4n) is 2.21. The van der Waals surface area contributed by atoms with Crippen molar-refractivity contribution < 1.29 is 19.4 Å². The lowest BCUT2D eigenvalue weighted by molar-refractivity contribution is -0.142. The van der Waals surface area contributed by atoms with Crippen LogP contribution in [0, 0.1) is 11.8 Å². The molecule has 16 heavy (non-hydrogen) atoms. The minimum absolute atomic E-state index is 0.148. The van der Waals surface area contributed by atoms with Crippen molar-refractivity contribution in [3.05, 3.63) is 0 Å². The van der Waals surface area contributed by atoms with Crippen LogP contribution in [-0.2, 0) is 14.3 Å². The first kappa shape index (κ1) is 13.2. The first-order valence-corrected chi connectivity index (χ1v) is 5.82. The molecule has 0 saturated heterocycles. The molecule has 0 bridgehead atoms. The zero-order valence-corrected chi connectivity index (χ0v) is 9.94. The standard InChI is InChI=1S/C12H20O4/c1-8(13)3-4-10-5-12(15)6-11(10)7-16-9(2)14/h8,10-11,13H,3-7H2,1-2H3. The van der Waals surface area contributed by atoms with E-state index in [0.29, 0.717) is 25.9 Å². The molecule has 0 aromatic carbocycles. The molecule has 0 aliphatic heterocycles. The Balaban J connectivity index is 2.39. The predicted octanol–water partition coefficient (Wildman–Crippen LogP) is 1.31. The third kappa shape index (κ3) is 4.31. The highest BCUT2D eigenvalue weighted by Crippen LogP contribution is 2.33. The Morgan fingerprint density at radius 2 is 2.12 bits per heavy atom. The van der Waals surface area contributed by atoms with Crippen molar-refractivity contribution in [3.8, 4) is 0 Å². The number of hydrogen-bond donors (Lipinski definition) is 1. The number of ketones is 1. The predicted molar refractivity (Wildman–Crippen MR) is 58.8 cm³/mol. The minimum atomic E-state index is -0.329. The van der Waals surface area contributed by atoms with Crippen LogP contribution in [-0.4, -0.2) is 29.6 Å². The van der Waals surface area contributed by atoms with E-state index in [4.69, 9.17) is 4.74 Å². The van der Waals surface area contributed by atoms with Gasteiger partial charge in [0.15, 0.2) is 0 Å². The van der Waals surface area contributed by atoms with E-state index in [-0.39, 0.29) is 29.7 Å². The minimum Gasteiger partial charge on any atom is -0.466 e. The van der Waals surface area contributed by atoms with Crippen molar-refractivity contribution in [2.24, 2.45) is 11.8 Å². The van der Waals surface area contributed by atoms with E-state index >= 15 is 0 Å². The Kier molecular flexibility index (Phi) is 4.93. The molecule has 1 rings (SSSR count). The van der Waals surface area contributed by atoms with Crippen LogP contribution in [0.1, 0.15) is 39.5 Å². The SMILES string of the molecule is CC(=O)OCC1CC(=O)CC1CCC(C)O. The summed E-state index contributed by atoms with van der Waals surface area (Å²) >= 11 is 0. The lowest BCUT2D eigenvalue weighted by atomic mass is 9.91. The second kappa shape index (κ2) is 5.99. The van der Waals surface area contributed by atoms with Gasteiger partial charge in [0.1, 0.15) is 5.78 Å². The zero-order chi connectivity index (χ0) is 12.1.